The molecular formula is C13H17N7. The smallest absolute Gasteiger partial charge is 0.203 e. The fraction of sp³-hybridized carbons (Fsp3) is 0.385. The van der Waals surface area contributed by atoms with E-state index >= 15 is 0 Å². The second-order valence-corrected chi connectivity index (χ2v) is 4.63. The van der Waals surface area contributed by atoms with Gasteiger partial charge in [0.15, 0.2) is 0 Å². The van der Waals surface area contributed by atoms with E-state index in [1.807, 2.05) is 31.5 Å². The zero-order valence-electron chi connectivity index (χ0n) is 11.8. The molecule has 0 saturated carbocycles. The molecule has 3 aromatic rings. The van der Waals surface area contributed by atoms with Gasteiger partial charge in [0.1, 0.15) is 11.2 Å². The highest BCUT2D eigenvalue weighted by atomic mass is 15.5. The van der Waals surface area contributed by atoms with Crippen LogP contribution in [0, 0.1) is 6.92 Å². The maximum atomic E-state index is 4.52. The van der Waals surface area contributed by atoms with Crippen molar-refractivity contribution < 1.29 is 0 Å². The van der Waals surface area contributed by atoms with Crippen molar-refractivity contribution in [1.82, 2.24) is 29.5 Å². The van der Waals surface area contributed by atoms with Crippen molar-refractivity contribution in [3.05, 3.63) is 29.8 Å². The van der Waals surface area contributed by atoms with Crippen molar-refractivity contribution in [3.8, 4) is 0 Å². The SMILES string of the molecule is CCn1nc(C)c(CNc2nc3cnccc3n2C)n1. The van der Waals surface area contributed by atoms with E-state index in [2.05, 4.69) is 25.5 Å². The van der Waals surface area contributed by atoms with Gasteiger partial charge in [-0.3, -0.25) is 4.98 Å². The highest BCUT2D eigenvalue weighted by molar-refractivity contribution is 5.77. The highest BCUT2D eigenvalue weighted by Gasteiger charge is 2.10. The largest absolute Gasteiger partial charge is 0.350 e. The molecule has 3 heterocycles. The first-order chi connectivity index (χ1) is 9.69. The molecule has 20 heavy (non-hydrogen) atoms. The van der Waals surface area contributed by atoms with Crippen LogP contribution in [0.1, 0.15) is 18.3 Å². The quantitative estimate of drug-likeness (QED) is 0.778. The first kappa shape index (κ1) is 12.6. The zero-order chi connectivity index (χ0) is 14.1. The van der Waals surface area contributed by atoms with Crippen LogP contribution in [0.25, 0.3) is 11.0 Å². The van der Waals surface area contributed by atoms with E-state index in [4.69, 9.17) is 0 Å². The van der Waals surface area contributed by atoms with Crippen LogP contribution in [-0.2, 0) is 20.1 Å². The molecule has 0 aliphatic rings. The topological polar surface area (TPSA) is 73.5 Å². The van der Waals surface area contributed by atoms with Crippen LogP contribution in [0.15, 0.2) is 18.5 Å². The second-order valence-electron chi connectivity index (χ2n) is 4.63. The van der Waals surface area contributed by atoms with Crippen LogP contribution in [-0.4, -0.2) is 29.5 Å². The molecule has 0 bridgehead atoms. The lowest BCUT2D eigenvalue weighted by atomic mass is 10.3. The Labute approximate surface area is 116 Å². The molecule has 0 atom stereocenters. The molecule has 0 unspecified atom stereocenters. The van der Waals surface area contributed by atoms with Gasteiger partial charge < -0.3 is 9.88 Å². The lowest BCUT2D eigenvalue weighted by Gasteiger charge is -2.04. The monoisotopic (exact) mass is 271 g/mol. The summed E-state index contributed by atoms with van der Waals surface area (Å²) in [6.45, 7) is 5.37. The number of hydrogen-bond acceptors (Lipinski definition) is 5. The molecule has 0 aliphatic heterocycles. The number of rotatable bonds is 4. The van der Waals surface area contributed by atoms with Gasteiger partial charge in [0.25, 0.3) is 0 Å². The van der Waals surface area contributed by atoms with Gasteiger partial charge in [0, 0.05) is 13.2 Å². The summed E-state index contributed by atoms with van der Waals surface area (Å²) in [4.78, 5) is 10.3. The Morgan fingerprint density at radius 2 is 2.15 bits per heavy atom. The lowest BCUT2D eigenvalue weighted by molar-refractivity contribution is 0.562. The molecule has 7 nitrogen and oxygen atoms in total. The predicted molar refractivity (Wildman–Crippen MR) is 76.3 cm³/mol. The number of pyridine rings is 1. The summed E-state index contributed by atoms with van der Waals surface area (Å²) in [5, 5.41) is 12.1. The maximum Gasteiger partial charge on any atom is 0.203 e. The Balaban J connectivity index is 1.83. The Morgan fingerprint density at radius 1 is 1.30 bits per heavy atom. The highest BCUT2D eigenvalue weighted by Crippen LogP contribution is 2.17. The third-order valence-electron chi connectivity index (χ3n) is 3.30. The summed E-state index contributed by atoms with van der Waals surface area (Å²) in [6.07, 6.45) is 3.53. The molecule has 1 N–H and O–H groups in total. The number of nitrogens with one attached hydrogen (secondary N) is 1. The standard InChI is InChI=1S/C13H17N7/c1-4-20-17-9(2)10(18-20)8-15-13-16-11-7-14-6-5-12(11)19(13)3/h5-7H,4,8H2,1-3H3,(H,15,16). The van der Waals surface area contributed by atoms with Crippen molar-refractivity contribution in [2.45, 2.75) is 26.9 Å². The summed E-state index contributed by atoms with van der Waals surface area (Å²) in [7, 11) is 1.98. The van der Waals surface area contributed by atoms with E-state index in [0.29, 0.717) is 6.54 Å². The number of aryl methyl sites for hydroxylation is 3. The number of anilines is 1. The van der Waals surface area contributed by atoms with Gasteiger partial charge in [-0.15, -0.1) is 0 Å². The third kappa shape index (κ3) is 2.11. The number of imidazole rings is 1. The van der Waals surface area contributed by atoms with Crippen LogP contribution < -0.4 is 5.32 Å². The molecule has 0 aromatic carbocycles. The van der Waals surface area contributed by atoms with Gasteiger partial charge in [-0.05, 0) is 19.9 Å². The summed E-state index contributed by atoms with van der Waals surface area (Å²) in [5.41, 5.74) is 3.82. The van der Waals surface area contributed by atoms with Crippen LogP contribution in [0.4, 0.5) is 5.95 Å². The molecule has 0 spiro atoms. The van der Waals surface area contributed by atoms with E-state index in [-0.39, 0.29) is 0 Å². The molecule has 104 valence electrons. The van der Waals surface area contributed by atoms with Crippen LogP contribution >= 0.6 is 0 Å². The van der Waals surface area contributed by atoms with Crippen LogP contribution in [0.3, 0.4) is 0 Å². The first-order valence-corrected chi connectivity index (χ1v) is 6.60. The van der Waals surface area contributed by atoms with Gasteiger partial charge in [0.05, 0.1) is 30.5 Å². The fourth-order valence-corrected chi connectivity index (χ4v) is 2.14. The molecular weight excluding hydrogens is 254 g/mol. The Kier molecular flexibility index (Phi) is 3.09. The molecule has 0 radical (unpaired) electrons. The van der Waals surface area contributed by atoms with E-state index in [9.17, 15) is 0 Å². The van der Waals surface area contributed by atoms with Gasteiger partial charge in [0.2, 0.25) is 5.95 Å². The summed E-state index contributed by atoms with van der Waals surface area (Å²) >= 11 is 0. The van der Waals surface area contributed by atoms with Crippen molar-refractivity contribution in [2.24, 2.45) is 7.05 Å². The van der Waals surface area contributed by atoms with E-state index in [0.717, 1.165) is 34.9 Å². The molecule has 7 heteroatoms. The average Bonchev–Trinajstić information content (AvgIpc) is 2.98. The Hall–Kier alpha value is -2.44. The normalized spacial score (nSPS) is 11.2. The zero-order valence-corrected chi connectivity index (χ0v) is 11.8. The molecule has 0 saturated heterocycles. The Bertz CT molecular complexity index is 740. The van der Waals surface area contributed by atoms with Crippen molar-refractivity contribution in [3.63, 3.8) is 0 Å². The molecule has 0 fully saturated rings. The van der Waals surface area contributed by atoms with Crippen molar-refractivity contribution in [2.75, 3.05) is 5.32 Å². The first-order valence-electron chi connectivity index (χ1n) is 6.60. The van der Waals surface area contributed by atoms with Gasteiger partial charge in [-0.1, -0.05) is 0 Å². The Morgan fingerprint density at radius 3 is 2.85 bits per heavy atom. The minimum absolute atomic E-state index is 0.608. The molecule has 3 aromatic heterocycles. The summed E-state index contributed by atoms with van der Waals surface area (Å²) < 4.78 is 2.01. The number of fused-ring (bicyclic) bond motifs is 1. The molecule has 0 aliphatic carbocycles. The average molecular weight is 271 g/mol. The lowest BCUT2D eigenvalue weighted by Crippen LogP contribution is -2.07. The number of aromatic nitrogens is 6. The molecule has 3 rings (SSSR count). The number of nitrogens with zero attached hydrogens (tertiary/aromatic N) is 6. The third-order valence-corrected chi connectivity index (χ3v) is 3.30. The predicted octanol–water partition coefficient (Wildman–Crippen LogP) is 1.50. The maximum absolute atomic E-state index is 4.52. The van der Waals surface area contributed by atoms with Crippen molar-refractivity contribution in [1.29, 1.82) is 0 Å². The van der Waals surface area contributed by atoms with Crippen molar-refractivity contribution >= 4 is 17.0 Å². The number of hydrogen-bond donors (Lipinski definition) is 1. The fourth-order valence-electron chi connectivity index (χ4n) is 2.14. The van der Waals surface area contributed by atoms with Gasteiger partial charge in [-0.25, -0.2) is 4.98 Å². The van der Waals surface area contributed by atoms with Gasteiger partial charge in [-0.2, -0.15) is 15.0 Å². The minimum Gasteiger partial charge on any atom is -0.350 e. The van der Waals surface area contributed by atoms with E-state index in [1.54, 1.807) is 17.2 Å². The molecule has 0 amide bonds. The van der Waals surface area contributed by atoms with E-state index in [1.165, 1.54) is 0 Å². The second kappa shape index (κ2) is 4.92. The van der Waals surface area contributed by atoms with Crippen LogP contribution in [0.2, 0.25) is 0 Å². The van der Waals surface area contributed by atoms with E-state index < -0.39 is 0 Å². The van der Waals surface area contributed by atoms with Crippen LogP contribution in [0.5, 0.6) is 0 Å². The summed E-state index contributed by atoms with van der Waals surface area (Å²) in [6, 6.07) is 1.95. The summed E-state index contributed by atoms with van der Waals surface area (Å²) in [5.74, 6) is 0.804. The van der Waals surface area contributed by atoms with Gasteiger partial charge >= 0.3 is 0 Å². The minimum atomic E-state index is 0.608.